The van der Waals surface area contributed by atoms with E-state index in [4.69, 9.17) is 9.97 Å². The number of rotatable bonds is 0. The van der Waals surface area contributed by atoms with Gasteiger partial charge in [0.05, 0.1) is 5.52 Å². The van der Waals surface area contributed by atoms with Crippen molar-refractivity contribution in [3.8, 4) is 0 Å². The molecule has 2 aromatic rings. The molecule has 2 rings (SSSR count). The molecule has 0 bridgehead atoms. The van der Waals surface area contributed by atoms with Crippen molar-refractivity contribution in [3.05, 3.63) is 23.7 Å². The molecule has 3 nitrogen and oxygen atoms in total. The van der Waals surface area contributed by atoms with Gasteiger partial charge in [-0.2, -0.15) is 0 Å². The summed E-state index contributed by atoms with van der Waals surface area (Å²) in [5.74, 6) is 1.08. The molecule has 0 unspecified atom stereocenters. The maximum Gasteiger partial charge on any atom is 0.178 e. The Morgan fingerprint density at radius 2 is 1.50 bits per heavy atom. The van der Waals surface area contributed by atoms with E-state index in [-0.39, 0.29) is 10.8 Å². The molecule has 3 heteroatoms. The predicted octanol–water partition coefficient (Wildman–Crippen LogP) is 3.56. The maximum absolute atomic E-state index is 4.71. The Hall–Kier alpha value is -1.38. The number of aromatic nitrogens is 3. The van der Waals surface area contributed by atoms with Crippen LogP contribution in [0.3, 0.4) is 0 Å². The van der Waals surface area contributed by atoms with E-state index < -0.39 is 0 Å². The van der Waals surface area contributed by atoms with Gasteiger partial charge < -0.3 is 4.57 Å². The third-order valence-corrected chi connectivity index (χ3v) is 3.18. The van der Waals surface area contributed by atoms with Crippen LogP contribution in [-0.2, 0) is 17.9 Å². The lowest BCUT2D eigenvalue weighted by atomic mass is 9.92. The quantitative estimate of drug-likeness (QED) is 0.710. The third-order valence-electron chi connectivity index (χ3n) is 3.18. The van der Waals surface area contributed by atoms with Crippen molar-refractivity contribution in [2.45, 2.75) is 52.4 Å². The van der Waals surface area contributed by atoms with E-state index in [0.717, 1.165) is 22.7 Å². The van der Waals surface area contributed by atoms with Gasteiger partial charge in [-0.15, -0.1) is 0 Å². The molecule has 0 aliphatic carbocycles. The molecule has 0 atom stereocenters. The minimum Gasteiger partial charge on any atom is -0.329 e. The van der Waals surface area contributed by atoms with Gasteiger partial charge in [-0.1, -0.05) is 41.5 Å². The minimum absolute atomic E-state index is 0.0390. The lowest BCUT2D eigenvalue weighted by Crippen LogP contribution is -2.17. The summed E-state index contributed by atoms with van der Waals surface area (Å²) < 4.78 is 2.15. The number of fused-ring (bicyclic) bond motifs is 1. The first kappa shape index (κ1) is 13.1. The van der Waals surface area contributed by atoms with Crippen molar-refractivity contribution in [2.75, 3.05) is 0 Å². The molecule has 18 heavy (non-hydrogen) atoms. The molecule has 0 aromatic carbocycles. The number of hydrogen-bond donors (Lipinski definition) is 0. The molecule has 0 fully saturated rings. The Labute approximate surface area is 109 Å². The molecule has 98 valence electrons. The molecular weight excluding hydrogens is 222 g/mol. The summed E-state index contributed by atoms with van der Waals surface area (Å²) in [5, 5.41) is 0. The van der Waals surface area contributed by atoms with Crippen LogP contribution in [0, 0.1) is 0 Å². The van der Waals surface area contributed by atoms with Gasteiger partial charge in [0.2, 0.25) is 0 Å². The molecule has 0 N–H and O–H groups in total. The average Bonchev–Trinajstić information content (AvgIpc) is 2.54. The highest BCUT2D eigenvalue weighted by atomic mass is 15.1. The van der Waals surface area contributed by atoms with Gasteiger partial charge in [-0.3, -0.25) is 0 Å². The molecule has 0 spiro atoms. The van der Waals surface area contributed by atoms with Gasteiger partial charge in [0, 0.05) is 23.6 Å². The zero-order chi connectivity index (χ0) is 13.7. The van der Waals surface area contributed by atoms with E-state index in [0.29, 0.717) is 0 Å². The highest BCUT2D eigenvalue weighted by Gasteiger charge is 2.23. The highest BCUT2D eigenvalue weighted by Crippen LogP contribution is 2.27. The smallest absolute Gasteiger partial charge is 0.178 e. The first-order valence-corrected chi connectivity index (χ1v) is 6.45. The number of pyridine rings is 1. The van der Waals surface area contributed by atoms with Crippen LogP contribution in [0.5, 0.6) is 0 Å². The zero-order valence-electron chi connectivity index (χ0n) is 12.5. The Morgan fingerprint density at radius 1 is 0.889 bits per heavy atom. The number of aryl methyl sites for hydroxylation is 1. The van der Waals surface area contributed by atoms with Crippen molar-refractivity contribution in [1.29, 1.82) is 0 Å². The van der Waals surface area contributed by atoms with Crippen LogP contribution in [0.2, 0.25) is 0 Å². The van der Waals surface area contributed by atoms with Crippen LogP contribution >= 0.6 is 0 Å². The van der Waals surface area contributed by atoms with Gasteiger partial charge in [0.15, 0.2) is 5.65 Å². The molecule has 0 radical (unpaired) electrons. The lowest BCUT2D eigenvalue weighted by molar-refractivity contribution is 0.526. The van der Waals surface area contributed by atoms with Gasteiger partial charge in [-0.05, 0) is 12.1 Å². The predicted molar refractivity (Wildman–Crippen MR) is 75.9 cm³/mol. The van der Waals surface area contributed by atoms with E-state index in [1.807, 2.05) is 0 Å². The van der Waals surface area contributed by atoms with Crippen molar-refractivity contribution in [1.82, 2.24) is 14.5 Å². The van der Waals surface area contributed by atoms with Gasteiger partial charge in [0.1, 0.15) is 5.82 Å². The highest BCUT2D eigenvalue weighted by molar-refractivity contribution is 5.72. The summed E-state index contributed by atoms with van der Waals surface area (Å²) in [7, 11) is 2.06. The fraction of sp³-hybridized carbons (Fsp3) is 0.600. The van der Waals surface area contributed by atoms with E-state index in [2.05, 4.69) is 65.3 Å². The van der Waals surface area contributed by atoms with Gasteiger partial charge in [-0.25, -0.2) is 9.97 Å². The second-order valence-electron chi connectivity index (χ2n) is 7.03. The minimum atomic E-state index is 0.0390. The van der Waals surface area contributed by atoms with Gasteiger partial charge >= 0.3 is 0 Å². The monoisotopic (exact) mass is 245 g/mol. The summed E-state index contributed by atoms with van der Waals surface area (Å²) in [6.45, 7) is 13.1. The molecular formula is C15H23N3. The Bertz CT molecular complexity index is 580. The first-order valence-electron chi connectivity index (χ1n) is 6.45. The molecule has 2 aromatic heterocycles. The van der Waals surface area contributed by atoms with Crippen molar-refractivity contribution in [2.24, 2.45) is 7.05 Å². The molecule has 0 saturated carbocycles. The topological polar surface area (TPSA) is 30.7 Å². The summed E-state index contributed by atoms with van der Waals surface area (Å²) >= 11 is 0. The van der Waals surface area contributed by atoms with Crippen molar-refractivity contribution < 1.29 is 0 Å². The largest absolute Gasteiger partial charge is 0.329 e. The van der Waals surface area contributed by atoms with Gasteiger partial charge in [0.25, 0.3) is 0 Å². The zero-order valence-corrected chi connectivity index (χ0v) is 12.5. The van der Waals surface area contributed by atoms with Crippen molar-refractivity contribution >= 4 is 11.2 Å². The van der Waals surface area contributed by atoms with Crippen LogP contribution in [-0.4, -0.2) is 14.5 Å². The normalized spacial score (nSPS) is 13.3. The molecule has 0 aliphatic heterocycles. The summed E-state index contributed by atoms with van der Waals surface area (Å²) in [4.78, 5) is 9.42. The first-order chi connectivity index (χ1) is 8.10. The van der Waals surface area contributed by atoms with Crippen LogP contribution < -0.4 is 0 Å². The number of imidazole rings is 1. The SMILES string of the molecule is Cn1c(C(C)(C)C)nc2nc(C(C)(C)C)ccc21. The van der Waals surface area contributed by atoms with Crippen molar-refractivity contribution in [3.63, 3.8) is 0 Å². The third kappa shape index (κ3) is 2.14. The van der Waals surface area contributed by atoms with E-state index in [1.165, 1.54) is 0 Å². The average molecular weight is 245 g/mol. The van der Waals surface area contributed by atoms with Crippen LogP contribution in [0.25, 0.3) is 11.2 Å². The number of hydrogen-bond acceptors (Lipinski definition) is 2. The standard InChI is InChI=1S/C15H23N3/c1-14(2,3)11-9-8-10-12(16-11)17-13(18(10)7)15(4,5)6/h8-9H,1-7H3. The van der Waals surface area contributed by atoms with E-state index in [9.17, 15) is 0 Å². The Balaban J connectivity index is 2.67. The van der Waals surface area contributed by atoms with Crippen LogP contribution in [0.4, 0.5) is 0 Å². The summed E-state index contributed by atoms with van der Waals surface area (Å²) in [6, 6.07) is 4.24. The van der Waals surface area contributed by atoms with E-state index in [1.54, 1.807) is 0 Å². The van der Waals surface area contributed by atoms with Crippen LogP contribution in [0.15, 0.2) is 12.1 Å². The van der Waals surface area contributed by atoms with Crippen LogP contribution in [0.1, 0.15) is 53.1 Å². The van der Waals surface area contributed by atoms with E-state index >= 15 is 0 Å². The molecule has 2 heterocycles. The maximum atomic E-state index is 4.71. The Morgan fingerprint density at radius 3 is 2.00 bits per heavy atom. The fourth-order valence-electron chi connectivity index (χ4n) is 2.16. The Kier molecular flexibility index (Phi) is 2.76. The summed E-state index contributed by atoms with van der Waals surface area (Å²) in [5.41, 5.74) is 3.15. The number of nitrogens with zero attached hydrogens (tertiary/aromatic N) is 3. The summed E-state index contributed by atoms with van der Waals surface area (Å²) in [6.07, 6.45) is 0. The second-order valence-corrected chi connectivity index (χ2v) is 7.03. The fourth-order valence-corrected chi connectivity index (χ4v) is 2.16. The molecule has 0 amide bonds. The molecule has 0 aliphatic rings. The lowest BCUT2D eigenvalue weighted by Gasteiger charge is -2.17. The second kappa shape index (κ2) is 3.81. The molecule has 0 saturated heterocycles.